The van der Waals surface area contributed by atoms with Crippen molar-refractivity contribution in [3.8, 4) is 0 Å². The smallest absolute Gasteiger partial charge is 0.242 e. The van der Waals surface area contributed by atoms with E-state index in [2.05, 4.69) is 15.5 Å². The number of nitrogens with one attached hydrogen (secondary N) is 1. The van der Waals surface area contributed by atoms with E-state index in [9.17, 15) is 4.79 Å². The Morgan fingerprint density at radius 3 is 1.77 bits per heavy atom. The lowest BCUT2D eigenvalue weighted by atomic mass is 10.1. The van der Waals surface area contributed by atoms with Gasteiger partial charge in [0, 0.05) is 10.6 Å². The summed E-state index contributed by atoms with van der Waals surface area (Å²) in [5.41, 5.74) is 3.20. The van der Waals surface area contributed by atoms with Gasteiger partial charge in [0.15, 0.2) is 0 Å². The number of rotatable bonds is 7. The normalized spacial score (nSPS) is 11.9. The molecule has 4 aromatic carbocycles. The van der Waals surface area contributed by atoms with Gasteiger partial charge in [0.05, 0.1) is 11.4 Å². The Morgan fingerprint density at radius 2 is 1.16 bits per heavy atom. The first kappa shape index (κ1) is 20.6. The Labute approximate surface area is 186 Å². The number of hydrogen-bond donors (Lipinski definition) is 1. The second kappa shape index (κ2) is 10.4. The summed E-state index contributed by atoms with van der Waals surface area (Å²) in [6, 6.07) is 36.7. The highest BCUT2D eigenvalue weighted by atomic mass is 32.2. The third-order valence-electron chi connectivity index (χ3n) is 4.51. The fourth-order valence-corrected chi connectivity index (χ4v) is 4.01. The van der Waals surface area contributed by atoms with Crippen LogP contribution in [0.5, 0.6) is 0 Å². The highest BCUT2D eigenvalue weighted by Gasteiger charge is 2.22. The molecule has 0 aromatic heterocycles. The molecule has 0 saturated carbocycles. The van der Waals surface area contributed by atoms with Crippen molar-refractivity contribution in [2.45, 2.75) is 10.1 Å². The van der Waals surface area contributed by atoms with E-state index < -0.39 is 0 Å². The summed E-state index contributed by atoms with van der Waals surface area (Å²) < 4.78 is 0. The minimum atomic E-state index is -0.360. The number of nitrogens with zero attached hydrogens (tertiary/aromatic N) is 2. The van der Waals surface area contributed by atoms with E-state index >= 15 is 0 Å². The topological polar surface area (TPSA) is 53.8 Å². The first-order chi connectivity index (χ1) is 15.3. The summed E-state index contributed by atoms with van der Waals surface area (Å²) in [5, 5.41) is 11.1. The van der Waals surface area contributed by atoms with Crippen molar-refractivity contribution in [3.05, 3.63) is 121 Å². The van der Waals surface area contributed by atoms with Crippen molar-refractivity contribution in [3.63, 3.8) is 0 Å². The summed E-state index contributed by atoms with van der Waals surface area (Å²) in [4.78, 5) is 14.2. The van der Waals surface area contributed by atoms with Crippen LogP contribution in [0.15, 0.2) is 130 Å². The molecule has 4 rings (SSSR count). The van der Waals surface area contributed by atoms with Crippen molar-refractivity contribution in [1.82, 2.24) is 0 Å². The van der Waals surface area contributed by atoms with Crippen LogP contribution in [0, 0.1) is 0 Å². The number of anilines is 1. The fraction of sp³-hybridized carbons (Fsp3) is 0.0385. The summed E-state index contributed by atoms with van der Waals surface area (Å²) in [6.45, 7) is 0. The number of azo groups is 1. The van der Waals surface area contributed by atoms with Crippen LogP contribution in [0.25, 0.3) is 0 Å². The zero-order valence-electron chi connectivity index (χ0n) is 16.8. The summed E-state index contributed by atoms with van der Waals surface area (Å²) >= 11 is 1.53. The largest absolute Gasteiger partial charge is 0.325 e. The molecule has 1 unspecified atom stereocenters. The standard InChI is InChI=1S/C26H21N3OS/c30-26(25(20-10-4-1-5-11-20)31-24-14-8-3-9-15-24)27-21-16-18-23(19-17-21)29-28-22-12-6-2-7-13-22/h1-19,25H,(H,27,30). The lowest BCUT2D eigenvalue weighted by Crippen LogP contribution is -2.18. The van der Waals surface area contributed by atoms with Crippen molar-refractivity contribution >= 4 is 34.7 Å². The molecule has 0 heterocycles. The van der Waals surface area contributed by atoms with Crippen LogP contribution in [0.2, 0.25) is 0 Å². The molecule has 0 saturated heterocycles. The average molecular weight is 424 g/mol. The van der Waals surface area contributed by atoms with Gasteiger partial charge < -0.3 is 5.32 Å². The first-order valence-electron chi connectivity index (χ1n) is 9.92. The Bertz CT molecular complexity index is 1130. The lowest BCUT2D eigenvalue weighted by molar-refractivity contribution is -0.115. The molecule has 152 valence electrons. The predicted molar refractivity (Wildman–Crippen MR) is 127 cm³/mol. The molecule has 5 heteroatoms. The van der Waals surface area contributed by atoms with E-state index in [4.69, 9.17) is 0 Å². The minimum Gasteiger partial charge on any atom is -0.325 e. The SMILES string of the molecule is O=C(Nc1ccc(N=Nc2ccccc2)cc1)C(Sc1ccccc1)c1ccccc1. The first-order valence-corrected chi connectivity index (χ1v) is 10.8. The van der Waals surface area contributed by atoms with Gasteiger partial charge in [0.25, 0.3) is 0 Å². The predicted octanol–water partition coefficient (Wildman–Crippen LogP) is 7.57. The summed E-state index contributed by atoms with van der Waals surface area (Å²) in [6.07, 6.45) is 0. The monoisotopic (exact) mass is 423 g/mol. The molecule has 31 heavy (non-hydrogen) atoms. The molecule has 4 nitrogen and oxygen atoms in total. The molecule has 0 fully saturated rings. The number of hydrogen-bond acceptors (Lipinski definition) is 4. The number of benzene rings is 4. The lowest BCUT2D eigenvalue weighted by Gasteiger charge is -2.17. The molecular formula is C26H21N3OS. The molecular weight excluding hydrogens is 402 g/mol. The van der Waals surface area contributed by atoms with Gasteiger partial charge in [0.1, 0.15) is 5.25 Å². The molecule has 0 bridgehead atoms. The van der Waals surface area contributed by atoms with E-state index in [1.807, 2.05) is 115 Å². The molecule has 4 aromatic rings. The van der Waals surface area contributed by atoms with Gasteiger partial charge in [0.2, 0.25) is 5.91 Å². The second-order valence-electron chi connectivity index (χ2n) is 6.79. The Morgan fingerprint density at radius 1 is 0.645 bits per heavy atom. The van der Waals surface area contributed by atoms with Gasteiger partial charge in [-0.05, 0) is 54.1 Å². The molecule has 0 radical (unpaired) electrons. The molecule has 1 amide bonds. The van der Waals surface area contributed by atoms with Crippen molar-refractivity contribution in [1.29, 1.82) is 0 Å². The second-order valence-corrected chi connectivity index (χ2v) is 7.97. The van der Waals surface area contributed by atoms with Crippen LogP contribution in [0.1, 0.15) is 10.8 Å². The number of thioether (sulfide) groups is 1. The zero-order valence-corrected chi connectivity index (χ0v) is 17.6. The van der Waals surface area contributed by atoms with E-state index in [-0.39, 0.29) is 11.2 Å². The highest BCUT2D eigenvalue weighted by Crippen LogP contribution is 2.36. The van der Waals surface area contributed by atoms with Crippen LogP contribution in [-0.4, -0.2) is 5.91 Å². The maximum absolute atomic E-state index is 13.1. The minimum absolute atomic E-state index is 0.0706. The fourth-order valence-electron chi connectivity index (χ4n) is 2.97. The van der Waals surface area contributed by atoms with Crippen molar-refractivity contribution < 1.29 is 4.79 Å². The van der Waals surface area contributed by atoms with Crippen LogP contribution in [0.3, 0.4) is 0 Å². The van der Waals surface area contributed by atoms with Crippen LogP contribution in [-0.2, 0) is 4.79 Å². The van der Waals surface area contributed by atoms with Gasteiger partial charge in [-0.3, -0.25) is 4.79 Å². The zero-order chi connectivity index (χ0) is 21.3. The van der Waals surface area contributed by atoms with E-state index in [1.54, 1.807) is 0 Å². The highest BCUT2D eigenvalue weighted by molar-refractivity contribution is 8.00. The Hall–Kier alpha value is -3.70. The van der Waals surface area contributed by atoms with E-state index in [1.165, 1.54) is 11.8 Å². The maximum atomic E-state index is 13.1. The van der Waals surface area contributed by atoms with Crippen LogP contribution < -0.4 is 5.32 Å². The van der Waals surface area contributed by atoms with Gasteiger partial charge in [-0.15, -0.1) is 11.8 Å². The molecule has 1 atom stereocenters. The molecule has 0 aliphatic rings. The molecule has 1 N–H and O–H groups in total. The van der Waals surface area contributed by atoms with Gasteiger partial charge >= 0.3 is 0 Å². The van der Waals surface area contributed by atoms with Crippen molar-refractivity contribution in [2.24, 2.45) is 10.2 Å². The molecule has 0 aliphatic carbocycles. The third-order valence-corrected chi connectivity index (χ3v) is 5.78. The van der Waals surface area contributed by atoms with Crippen molar-refractivity contribution in [2.75, 3.05) is 5.32 Å². The number of carbonyl (C=O) groups is 1. The Balaban J connectivity index is 1.47. The van der Waals surface area contributed by atoms with E-state index in [0.717, 1.165) is 27.5 Å². The van der Waals surface area contributed by atoms with Crippen LogP contribution in [0.4, 0.5) is 17.1 Å². The quantitative estimate of drug-likeness (QED) is 0.246. The van der Waals surface area contributed by atoms with Gasteiger partial charge in [-0.25, -0.2) is 0 Å². The maximum Gasteiger partial charge on any atom is 0.242 e. The average Bonchev–Trinajstić information content (AvgIpc) is 2.84. The van der Waals surface area contributed by atoms with Gasteiger partial charge in [-0.1, -0.05) is 66.7 Å². The summed E-state index contributed by atoms with van der Waals surface area (Å²) in [5.74, 6) is -0.0706. The van der Waals surface area contributed by atoms with Crippen LogP contribution >= 0.6 is 11.8 Å². The number of amides is 1. The third kappa shape index (κ3) is 5.90. The molecule has 0 aliphatic heterocycles. The Kier molecular flexibility index (Phi) is 6.88. The molecule has 0 spiro atoms. The summed E-state index contributed by atoms with van der Waals surface area (Å²) in [7, 11) is 0. The van der Waals surface area contributed by atoms with E-state index in [0.29, 0.717) is 0 Å². The number of carbonyl (C=O) groups excluding carboxylic acids is 1. The van der Waals surface area contributed by atoms with Gasteiger partial charge in [-0.2, -0.15) is 10.2 Å².